The summed E-state index contributed by atoms with van der Waals surface area (Å²) in [5.74, 6) is 2.27. The maximum absolute atomic E-state index is 11.2. The molecule has 1 saturated carbocycles. The largest absolute Gasteiger partial charge is 0.496 e. The lowest BCUT2D eigenvalue weighted by atomic mass is 9.89. The lowest BCUT2D eigenvalue weighted by molar-refractivity contribution is -0.109. The number of hydrogen-bond donors (Lipinski definition) is 4. The number of carbonyl (C=O) groups is 1. The van der Waals surface area contributed by atoms with Crippen molar-refractivity contribution in [3.05, 3.63) is 130 Å². The first-order valence-electron chi connectivity index (χ1n) is 19.7. The van der Waals surface area contributed by atoms with Gasteiger partial charge in [0.15, 0.2) is 6.29 Å². The van der Waals surface area contributed by atoms with Crippen LogP contribution in [-0.2, 0) is 24.4 Å². The smallest absolute Gasteiger partial charge is 0.157 e. The Morgan fingerprint density at radius 2 is 1.87 bits per heavy atom. The minimum Gasteiger partial charge on any atom is -0.496 e. The van der Waals surface area contributed by atoms with E-state index in [1.807, 2.05) is 36.4 Å². The van der Waals surface area contributed by atoms with Gasteiger partial charge in [-0.1, -0.05) is 98.1 Å². The van der Waals surface area contributed by atoms with Gasteiger partial charge in [-0.3, -0.25) is 4.79 Å². The molecule has 0 bridgehead atoms. The Balaban J connectivity index is 1.12. The SMILES string of the molecule is C=C1CCC(CNCc2ccc(C3C=CC=C(c4cccc(NCc5ccc(CN(C)CC6CCCCC6)c(OCC=O)c5)c4C=N)C(Cl)=C3)cc2OC)N1. The van der Waals surface area contributed by atoms with Crippen molar-refractivity contribution in [1.82, 2.24) is 15.5 Å². The van der Waals surface area contributed by atoms with Gasteiger partial charge in [-0.15, -0.1) is 0 Å². The maximum Gasteiger partial charge on any atom is 0.157 e. The minimum atomic E-state index is -0.0544. The van der Waals surface area contributed by atoms with E-state index in [2.05, 4.69) is 77.0 Å². The molecule has 2 fully saturated rings. The van der Waals surface area contributed by atoms with Crippen LogP contribution in [0.15, 0.2) is 96.2 Å². The molecule has 4 N–H and O–H groups in total. The van der Waals surface area contributed by atoms with Gasteiger partial charge < -0.3 is 35.7 Å². The number of hydrogen-bond acceptors (Lipinski definition) is 8. The number of anilines is 1. The van der Waals surface area contributed by atoms with Crippen molar-refractivity contribution in [2.24, 2.45) is 5.92 Å². The third-order valence-corrected chi connectivity index (χ3v) is 11.3. The van der Waals surface area contributed by atoms with Gasteiger partial charge in [-0.2, -0.15) is 0 Å². The van der Waals surface area contributed by atoms with Gasteiger partial charge in [-0.25, -0.2) is 0 Å². The second kappa shape index (κ2) is 19.8. The average molecular weight is 762 g/mol. The van der Waals surface area contributed by atoms with Gasteiger partial charge in [0.05, 0.1) is 7.11 Å². The topological polar surface area (TPSA) is 98.7 Å². The molecule has 290 valence electrons. The summed E-state index contributed by atoms with van der Waals surface area (Å²) < 4.78 is 11.7. The Hall–Kier alpha value is -4.63. The first-order chi connectivity index (χ1) is 26.8. The van der Waals surface area contributed by atoms with Gasteiger partial charge in [0.1, 0.15) is 18.1 Å². The minimum absolute atomic E-state index is 0.0149. The van der Waals surface area contributed by atoms with Crippen molar-refractivity contribution >= 4 is 35.4 Å². The lowest BCUT2D eigenvalue weighted by Gasteiger charge is -2.27. The molecule has 8 nitrogen and oxygen atoms in total. The second-order valence-corrected chi connectivity index (χ2v) is 15.5. The Morgan fingerprint density at radius 3 is 2.64 bits per heavy atom. The first-order valence-corrected chi connectivity index (χ1v) is 20.1. The standard InChI is InChI=1S/C46H56ClN5O3/c1-32-15-20-39(51-32)29-49-28-37-19-18-36(25-45(37)54-3)35-11-7-13-41(43(47)24-35)40-12-8-14-44(42(40)26-48)50-27-34-16-17-38(46(23-34)55-22-21-53)31-52(2)30-33-9-5-4-6-10-33/h7-8,11-14,16-19,21,23-26,33,35,39,48-51H,1,4-6,9-10,15,20,22,27-31H2,2-3H3. The molecule has 2 unspecified atom stereocenters. The van der Waals surface area contributed by atoms with Crippen LogP contribution in [0.3, 0.4) is 0 Å². The van der Waals surface area contributed by atoms with Crippen molar-refractivity contribution in [3.8, 4) is 11.5 Å². The molecule has 0 spiro atoms. The molecule has 1 saturated heterocycles. The Kier molecular flexibility index (Phi) is 14.4. The molecular formula is C46H56ClN5O3. The third kappa shape index (κ3) is 10.8. The van der Waals surface area contributed by atoms with E-state index in [4.69, 9.17) is 26.5 Å². The zero-order valence-corrected chi connectivity index (χ0v) is 33.1. The molecule has 2 atom stereocenters. The monoisotopic (exact) mass is 761 g/mol. The Bertz CT molecular complexity index is 1910. The number of nitrogens with one attached hydrogen (secondary N) is 4. The number of halogens is 1. The molecule has 9 heteroatoms. The molecule has 1 heterocycles. The molecule has 3 aliphatic rings. The summed E-state index contributed by atoms with van der Waals surface area (Å²) in [4.78, 5) is 13.6. The predicted molar refractivity (Wildman–Crippen MR) is 226 cm³/mol. The van der Waals surface area contributed by atoms with Crippen molar-refractivity contribution < 1.29 is 14.3 Å². The molecule has 0 aromatic heterocycles. The van der Waals surface area contributed by atoms with E-state index >= 15 is 0 Å². The number of carbonyl (C=O) groups excluding carboxylic acids is 1. The first kappa shape index (κ1) is 40.0. The highest BCUT2D eigenvalue weighted by molar-refractivity contribution is 6.37. The van der Waals surface area contributed by atoms with Crippen molar-refractivity contribution in [3.63, 3.8) is 0 Å². The van der Waals surface area contributed by atoms with E-state index in [0.29, 0.717) is 24.2 Å². The quantitative estimate of drug-likeness (QED) is 0.0759. The van der Waals surface area contributed by atoms with Crippen LogP contribution in [0.5, 0.6) is 11.5 Å². The van der Waals surface area contributed by atoms with Crippen LogP contribution in [0.25, 0.3) is 5.57 Å². The van der Waals surface area contributed by atoms with Gasteiger partial charge in [-0.05, 0) is 73.5 Å². The molecule has 0 amide bonds. The summed E-state index contributed by atoms with van der Waals surface area (Å²) in [7, 11) is 3.88. The zero-order chi connectivity index (χ0) is 38.6. The van der Waals surface area contributed by atoms with Crippen LogP contribution in [0.4, 0.5) is 5.69 Å². The highest BCUT2D eigenvalue weighted by atomic mass is 35.5. The van der Waals surface area contributed by atoms with Gasteiger partial charge in [0.2, 0.25) is 0 Å². The lowest BCUT2D eigenvalue weighted by Crippen LogP contribution is -2.33. The molecule has 6 rings (SSSR count). The van der Waals surface area contributed by atoms with Crippen LogP contribution in [0.1, 0.15) is 84.2 Å². The fraction of sp³-hybridized carbons (Fsp3) is 0.391. The van der Waals surface area contributed by atoms with Crippen molar-refractivity contribution in [2.45, 2.75) is 76.5 Å². The number of nitrogens with zero attached hydrogens (tertiary/aromatic N) is 1. The fourth-order valence-corrected chi connectivity index (χ4v) is 8.38. The number of ether oxygens (including phenoxy) is 2. The molecule has 2 aliphatic carbocycles. The van der Waals surface area contributed by atoms with Crippen LogP contribution in [0, 0.1) is 11.3 Å². The maximum atomic E-state index is 11.2. The highest BCUT2D eigenvalue weighted by Gasteiger charge is 2.20. The van der Waals surface area contributed by atoms with E-state index in [9.17, 15) is 4.79 Å². The number of methoxy groups -OCH3 is 1. The van der Waals surface area contributed by atoms with Crippen LogP contribution in [-0.4, -0.2) is 57.3 Å². The van der Waals surface area contributed by atoms with Crippen molar-refractivity contribution in [1.29, 1.82) is 5.41 Å². The number of benzene rings is 3. The van der Waals surface area contributed by atoms with E-state index in [1.54, 1.807) is 7.11 Å². The summed E-state index contributed by atoms with van der Waals surface area (Å²) in [5, 5.41) is 19.6. The molecule has 3 aromatic carbocycles. The van der Waals surface area contributed by atoms with E-state index in [0.717, 1.165) is 107 Å². The van der Waals surface area contributed by atoms with Gasteiger partial charge >= 0.3 is 0 Å². The Labute approximate surface area is 332 Å². The Morgan fingerprint density at radius 1 is 1.04 bits per heavy atom. The summed E-state index contributed by atoms with van der Waals surface area (Å²) in [5.41, 5.74) is 8.70. The summed E-state index contributed by atoms with van der Waals surface area (Å²) in [6.45, 7) is 8.00. The summed E-state index contributed by atoms with van der Waals surface area (Å²) in [6.07, 6.45) is 19.2. The van der Waals surface area contributed by atoms with Crippen LogP contribution in [0.2, 0.25) is 0 Å². The van der Waals surface area contributed by atoms with Crippen LogP contribution < -0.4 is 25.4 Å². The number of allylic oxidation sites excluding steroid dienone is 7. The third-order valence-electron chi connectivity index (χ3n) is 11.0. The molecular weight excluding hydrogens is 706 g/mol. The zero-order valence-electron chi connectivity index (χ0n) is 32.3. The normalized spacial score (nSPS) is 18.7. The molecule has 55 heavy (non-hydrogen) atoms. The second-order valence-electron chi connectivity index (χ2n) is 15.1. The number of rotatable bonds is 18. The molecule has 3 aromatic rings. The number of aldehydes is 1. The average Bonchev–Trinajstić information content (AvgIpc) is 3.52. The predicted octanol–water partition coefficient (Wildman–Crippen LogP) is 9.11. The molecule has 0 radical (unpaired) electrons. The van der Waals surface area contributed by atoms with E-state index in [1.165, 1.54) is 38.3 Å². The van der Waals surface area contributed by atoms with E-state index in [-0.39, 0.29) is 12.5 Å². The summed E-state index contributed by atoms with van der Waals surface area (Å²) >= 11 is 7.09. The molecule has 1 aliphatic heterocycles. The van der Waals surface area contributed by atoms with Crippen molar-refractivity contribution in [2.75, 3.05) is 39.2 Å². The van der Waals surface area contributed by atoms with Gasteiger partial charge in [0.25, 0.3) is 0 Å². The fourth-order valence-electron chi connectivity index (χ4n) is 8.08. The summed E-state index contributed by atoms with van der Waals surface area (Å²) in [6, 6.07) is 19.0. The van der Waals surface area contributed by atoms with E-state index < -0.39 is 0 Å². The highest BCUT2D eigenvalue weighted by Crippen LogP contribution is 2.37. The van der Waals surface area contributed by atoms with Crippen LogP contribution >= 0.6 is 11.6 Å². The van der Waals surface area contributed by atoms with Gasteiger partial charge in [0, 0.05) is 89.6 Å².